The molecule has 1 N–H and O–H groups in total. The molecule has 1 aromatic rings. The Morgan fingerprint density at radius 2 is 1.93 bits per heavy atom. The molecule has 0 aliphatic heterocycles. The summed E-state index contributed by atoms with van der Waals surface area (Å²) < 4.78 is 24.0. The van der Waals surface area contributed by atoms with E-state index in [4.69, 9.17) is 28.3 Å². The van der Waals surface area contributed by atoms with Gasteiger partial charge in [0.1, 0.15) is 6.10 Å². The third kappa shape index (κ3) is 2.80. The third-order valence-electron chi connectivity index (χ3n) is 1.75. The second-order valence-corrected chi connectivity index (χ2v) is 3.60. The van der Waals surface area contributed by atoms with Gasteiger partial charge in [0.15, 0.2) is 0 Å². The second kappa shape index (κ2) is 4.91. The van der Waals surface area contributed by atoms with Crippen LogP contribution < -0.4 is 0 Å². The van der Waals surface area contributed by atoms with Crippen molar-refractivity contribution in [2.45, 2.75) is 19.0 Å². The van der Waals surface area contributed by atoms with Crippen LogP contribution in [0.25, 0.3) is 0 Å². The summed E-state index contributed by atoms with van der Waals surface area (Å²) in [6.45, 7) is 0. The van der Waals surface area contributed by atoms with E-state index in [-0.39, 0.29) is 11.4 Å². The first-order valence-electron chi connectivity index (χ1n) is 3.91. The maximum atomic E-state index is 12.0. The molecule has 0 fully saturated rings. The molecule has 0 amide bonds. The van der Waals surface area contributed by atoms with Crippen LogP contribution in [0, 0.1) is 0 Å². The highest BCUT2D eigenvalue weighted by atomic mass is 35.5. The van der Waals surface area contributed by atoms with Gasteiger partial charge in [0.05, 0.1) is 10.0 Å². The van der Waals surface area contributed by atoms with Crippen LogP contribution in [0.1, 0.15) is 5.56 Å². The normalized spacial score (nSPS) is 13.3. The Bertz CT molecular complexity index is 318. The molecule has 0 heterocycles. The lowest BCUT2D eigenvalue weighted by molar-refractivity contribution is -0.00364. The second-order valence-electron chi connectivity index (χ2n) is 2.82. The Hall–Kier alpha value is -0.380. The van der Waals surface area contributed by atoms with Crippen LogP contribution in [-0.4, -0.2) is 17.6 Å². The van der Waals surface area contributed by atoms with Crippen LogP contribution in [0.3, 0.4) is 0 Å². The predicted molar refractivity (Wildman–Crippen MR) is 52.2 cm³/mol. The Labute approximate surface area is 90.3 Å². The average Bonchev–Trinajstić information content (AvgIpc) is 2.12. The molecule has 1 rings (SSSR count). The molecule has 0 aliphatic carbocycles. The van der Waals surface area contributed by atoms with E-state index in [0.717, 1.165) is 0 Å². The lowest BCUT2D eigenvalue weighted by Gasteiger charge is -2.10. The van der Waals surface area contributed by atoms with Gasteiger partial charge in [-0.05, 0) is 11.6 Å². The summed E-state index contributed by atoms with van der Waals surface area (Å²) in [6, 6.07) is 4.71. The first kappa shape index (κ1) is 11.7. The fourth-order valence-corrected chi connectivity index (χ4v) is 1.42. The van der Waals surface area contributed by atoms with Crippen molar-refractivity contribution in [3.05, 3.63) is 33.8 Å². The van der Waals surface area contributed by atoms with E-state index >= 15 is 0 Å². The maximum absolute atomic E-state index is 12.0. The largest absolute Gasteiger partial charge is 0.387 e. The van der Waals surface area contributed by atoms with Crippen LogP contribution in [0.4, 0.5) is 8.78 Å². The number of rotatable bonds is 3. The Morgan fingerprint density at radius 3 is 2.50 bits per heavy atom. The van der Waals surface area contributed by atoms with Gasteiger partial charge in [-0.3, -0.25) is 0 Å². The van der Waals surface area contributed by atoms with Gasteiger partial charge in [0.2, 0.25) is 0 Å². The summed E-state index contributed by atoms with van der Waals surface area (Å²) in [5, 5.41) is 9.46. The van der Waals surface area contributed by atoms with Crippen LogP contribution in [-0.2, 0) is 6.42 Å². The van der Waals surface area contributed by atoms with Gasteiger partial charge in [-0.25, -0.2) is 8.78 Å². The first-order chi connectivity index (χ1) is 6.52. The van der Waals surface area contributed by atoms with E-state index in [1.807, 2.05) is 0 Å². The molecule has 1 atom stereocenters. The van der Waals surface area contributed by atoms with Gasteiger partial charge < -0.3 is 5.11 Å². The van der Waals surface area contributed by atoms with Crippen molar-refractivity contribution < 1.29 is 13.9 Å². The number of halogens is 4. The monoisotopic (exact) mass is 240 g/mol. The van der Waals surface area contributed by atoms with Crippen molar-refractivity contribution in [2.24, 2.45) is 0 Å². The Balaban J connectivity index is 2.82. The topological polar surface area (TPSA) is 20.2 Å². The Kier molecular flexibility index (Phi) is 4.11. The summed E-state index contributed by atoms with van der Waals surface area (Å²) in [6.07, 6.45) is -4.67. The minimum Gasteiger partial charge on any atom is -0.387 e. The minimum atomic E-state index is -2.77. The number of alkyl halides is 2. The van der Waals surface area contributed by atoms with E-state index in [1.165, 1.54) is 0 Å². The van der Waals surface area contributed by atoms with Gasteiger partial charge in [0.25, 0.3) is 6.43 Å². The standard InChI is InChI=1S/C9H8Cl2F2O/c10-6-3-1-2-5(8(6)11)4-7(14)9(12)13/h1-3,7,9,14H,4H2. The molecule has 0 aromatic heterocycles. The number of hydrogen-bond acceptors (Lipinski definition) is 1. The summed E-state index contributed by atoms with van der Waals surface area (Å²) >= 11 is 11.4. The SMILES string of the molecule is OC(Cc1cccc(Cl)c1Cl)C(F)F. The highest BCUT2D eigenvalue weighted by Gasteiger charge is 2.18. The molecule has 0 radical (unpaired) electrons. The minimum absolute atomic E-state index is 0.197. The highest BCUT2D eigenvalue weighted by molar-refractivity contribution is 6.42. The van der Waals surface area contributed by atoms with Crippen molar-refractivity contribution in [2.75, 3.05) is 0 Å². The Morgan fingerprint density at radius 1 is 1.29 bits per heavy atom. The third-order valence-corrected chi connectivity index (χ3v) is 2.61. The molecule has 0 spiro atoms. The molecule has 0 aliphatic rings. The molecule has 1 unspecified atom stereocenters. The molecule has 5 heteroatoms. The van der Waals surface area contributed by atoms with Gasteiger partial charge in [-0.15, -0.1) is 0 Å². The van der Waals surface area contributed by atoms with E-state index in [2.05, 4.69) is 0 Å². The fourth-order valence-electron chi connectivity index (χ4n) is 1.02. The summed E-state index contributed by atoms with van der Waals surface area (Å²) in [5.74, 6) is 0. The molecular weight excluding hydrogens is 233 g/mol. The molecule has 0 saturated heterocycles. The van der Waals surface area contributed by atoms with E-state index < -0.39 is 12.5 Å². The molecule has 1 aromatic carbocycles. The van der Waals surface area contributed by atoms with E-state index in [9.17, 15) is 8.78 Å². The van der Waals surface area contributed by atoms with Crippen LogP contribution in [0.2, 0.25) is 10.0 Å². The zero-order valence-electron chi connectivity index (χ0n) is 7.05. The van der Waals surface area contributed by atoms with Crippen LogP contribution >= 0.6 is 23.2 Å². The van der Waals surface area contributed by atoms with Gasteiger partial charge >= 0.3 is 0 Å². The van der Waals surface area contributed by atoms with Crippen molar-refractivity contribution in [1.29, 1.82) is 0 Å². The van der Waals surface area contributed by atoms with E-state index in [0.29, 0.717) is 10.6 Å². The molecule has 1 nitrogen and oxygen atoms in total. The van der Waals surface area contributed by atoms with Gasteiger partial charge in [-0.2, -0.15) is 0 Å². The van der Waals surface area contributed by atoms with Crippen molar-refractivity contribution in [3.8, 4) is 0 Å². The number of aliphatic hydroxyl groups excluding tert-OH is 1. The van der Waals surface area contributed by atoms with Crippen molar-refractivity contribution in [1.82, 2.24) is 0 Å². The zero-order chi connectivity index (χ0) is 10.7. The molecular formula is C9H8Cl2F2O. The maximum Gasteiger partial charge on any atom is 0.264 e. The number of aliphatic hydroxyl groups is 1. The van der Waals surface area contributed by atoms with Crippen molar-refractivity contribution >= 4 is 23.2 Å². The predicted octanol–water partition coefficient (Wildman–Crippen LogP) is 3.16. The smallest absolute Gasteiger partial charge is 0.264 e. The van der Waals surface area contributed by atoms with Crippen LogP contribution in [0.15, 0.2) is 18.2 Å². The summed E-state index contributed by atoms with van der Waals surface area (Å²) in [4.78, 5) is 0. The lowest BCUT2D eigenvalue weighted by Crippen LogP contribution is -2.20. The fraction of sp³-hybridized carbons (Fsp3) is 0.333. The van der Waals surface area contributed by atoms with Gasteiger partial charge in [-0.1, -0.05) is 35.3 Å². The quantitative estimate of drug-likeness (QED) is 0.861. The average molecular weight is 241 g/mol. The molecule has 78 valence electrons. The number of hydrogen-bond donors (Lipinski definition) is 1. The molecule has 0 bridgehead atoms. The first-order valence-corrected chi connectivity index (χ1v) is 4.67. The molecule has 14 heavy (non-hydrogen) atoms. The number of benzene rings is 1. The summed E-state index contributed by atoms with van der Waals surface area (Å²) in [5.41, 5.74) is 0.423. The highest BCUT2D eigenvalue weighted by Crippen LogP contribution is 2.26. The van der Waals surface area contributed by atoms with E-state index in [1.54, 1.807) is 18.2 Å². The van der Waals surface area contributed by atoms with Crippen molar-refractivity contribution in [3.63, 3.8) is 0 Å². The van der Waals surface area contributed by atoms with Gasteiger partial charge in [0, 0.05) is 6.42 Å². The lowest BCUT2D eigenvalue weighted by atomic mass is 10.1. The molecule has 0 saturated carbocycles. The summed E-state index contributed by atoms with van der Waals surface area (Å²) in [7, 11) is 0. The zero-order valence-corrected chi connectivity index (χ0v) is 8.56. The van der Waals surface area contributed by atoms with Crippen LogP contribution in [0.5, 0.6) is 0 Å².